The molecule has 0 unspecified atom stereocenters. The Morgan fingerprint density at radius 3 is 1.32 bits per heavy atom. The largest absolute Gasteiger partial charge is 3.00 e. The van der Waals surface area contributed by atoms with Crippen LogP contribution in [0.1, 0.15) is 26.7 Å². The normalized spacial score (nSPS) is 8.37. The fourth-order valence-electron chi connectivity index (χ4n) is 1.30. The van der Waals surface area contributed by atoms with Gasteiger partial charge >= 0.3 is 32.7 Å². The minimum absolute atomic E-state index is 0. The molecule has 1 N–H and O–H groups in total. The molecule has 0 fully saturated rings. The molecule has 1 amide bonds. The number of carbonyl (C=O) groups excluding carboxylic acids is 1. The SMILES string of the molecule is CCC(CC)C([NH-])=O.[Y+3].c1cc[cH-]c1.c1cc[cH-]c1. The van der Waals surface area contributed by atoms with Gasteiger partial charge in [0.2, 0.25) is 0 Å². The third-order valence-corrected chi connectivity index (χ3v) is 2.47. The topological polar surface area (TPSA) is 40.9 Å². The second kappa shape index (κ2) is 15.3. The summed E-state index contributed by atoms with van der Waals surface area (Å²) in [6.45, 7) is 3.86. The third kappa shape index (κ3) is 13.5. The fourth-order valence-corrected chi connectivity index (χ4v) is 1.30. The van der Waals surface area contributed by atoms with E-state index in [2.05, 4.69) is 0 Å². The zero-order chi connectivity index (χ0) is 13.6. The molecule has 0 aromatic heterocycles. The summed E-state index contributed by atoms with van der Waals surface area (Å²) in [5, 5.41) is 0. The molecule has 0 aliphatic heterocycles. The van der Waals surface area contributed by atoms with Crippen LogP contribution in [0, 0.1) is 5.92 Å². The van der Waals surface area contributed by atoms with E-state index >= 15 is 0 Å². The summed E-state index contributed by atoms with van der Waals surface area (Å²) in [5.74, 6) is -0.440. The van der Waals surface area contributed by atoms with E-state index in [0.29, 0.717) is 0 Å². The molecule has 19 heavy (non-hydrogen) atoms. The van der Waals surface area contributed by atoms with Crippen molar-refractivity contribution in [2.75, 3.05) is 0 Å². The number of hydrogen-bond acceptors (Lipinski definition) is 1. The van der Waals surface area contributed by atoms with Crippen LogP contribution in [0.25, 0.3) is 5.73 Å². The molecule has 2 rings (SSSR count). The molecule has 0 aliphatic rings. The molecule has 0 spiro atoms. The molecule has 0 bridgehead atoms. The van der Waals surface area contributed by atoms with Gasteiger partial charge in [-0.25, -0.2) is 24.3 Å². The van der Waals surface area contributed by atoms with Crippen LogP contribution in [-0.2, 0) is 37.5 Å². The molecule has 2 aromatic carbocycles. The van der Waals surface area contributed by atoms with E-state index in [1.807, 2.05) is 74.5 Å². The van der Waals surface area contributed by atoms with E-state index in [9.17, 15) is 4.79 Å². The smallest absolute Gasteiger partial charge is 0.668 e. The van der Waals surface area contributed by atoms with Crippen LogP contribution >= 0.6 is 0 Å². The van der Waals surface area contributed by atoms with Crippen molar-refractivity contribution in [2.24, 2.45) is 5.92 Å². The van der Waals surface area contributed by atoms with Crippen molar-refractivity contribution in [3.05, 3.63) is 66.4 Å². The molecule has 0 radical (unpaired) electrons. The molecular formula is C16H22NOY. The average molecular weight is 333 g/mol. The number of carbonyl (C=O) groups is 1. The van der Waals surface area contributed by atoms with E-state index in [1.54, 1.807) is 0 Å². The molecule has 0 atom stereocenters. The Balaban J connectivity index is 0. The summed E-state index contributed by atoms with van der Waals surface area (Å²) in [6.07, 6.45) is 1.61. The van der Waals surface area contributed by atoms with Gasteiger partial charge in [-0.15, -0.1) is 0 Å². The van der Waals surface area contributed by atoms with Crippen molar-refractivity contribution in [2.45, 2.75) is 26.7 Å². The predicted molar refractivity (Wildman–Crippen MR) is 77.5 cm³/mol. The van der Waals surface area contributed by atoms with E-state index in [4.69, 9.17) is 5.73 Å². The van der Waals surface area contributed by atoms with E-state index < -0.39 is 5.91 Å². The Bertz CT molecular complexity index is 289. The summed E-state index contributed by atoms with van der Waals surface area (Å²) >= 11 is 0. The molecule has 2 aromatic rings. The molecule has 100 valence electrons. The average Bonchev–Trinajstić information content (AvgIpc) is 3.09. The second-order valence-electron chi connectivity index (χ2n) is 3.80. The maximum absolute atomic E-state index is 10.3. The Morgan fingerprint density at radius 2 is 1.26 bits per heavy atom. The molecule has 0 heterocycles. The first kappa shape index (κ1) is 20.6. The van der Waals surface area contributed by atoms with Gasteiger partial charge in [-0.2, -0.15) is 36.4 Å². The second-order valence-corrected chi connectivity index (χ2v) is 3.80. The first-order valence-corrected chi connectivity index (χ1v) is 6.31. The maximum Gasteiger partial charge on any atom is 3.00 e. The number of amides is 1. The summed E-state index contributed by atoms with van der Waals surface area (Å²) in [4.78, 5) is 10.3. The first-order valence-electron chi connectivity index (χ1n) is 6.31. The Hall–Kier alpha value is -0.726. The molecular weight excluding hydrogens is 311 g/mol. The van der Waals surface area contributed by atoms with Crippen molar-refractivity contribution in [3.63, 3.8) is 0 Å². The standard InChI is InChI=1S/C6H13NO.2C5H5.Y/c1-3-5(4-2)6(7)8;2*1-2-4-5-3-1;/h5H,3-4H2,1-2H3,(H2,7,8);2*1-5H;/q;2*-1;+3/p-1. The summed E-state index contributed by atoms with van der Waals surface area (Å²) in [7, 11) is 0. The minimum Gasteiger partial charge on any atom is -0.668 e. The van der Waals surface area contributed by atoms with Gasteiger partial charge in [-0.05, 0) is 18.8 Å². The summed E-state index contributed by atoms with van der Waals surface area (Å²) in [6, 6.07) is 20.0. The van der Waals surface area contributed by atoms with Crippen LogP contribution in [-0.4, -0.2) is 5.91 Å². The zero-order valence-electron chi connectivity index (χ0n) is 11.8. The van der Waals surface area contributed by atoms with Crippen LogP contribution in [0.2, 0.25) is 0 Å². The van der Waals surface area contributed by atoms with Crippen LogP contribution in [0.4, 0.5) is 0 Å². The summed E-state index contributed by atoms with van der Waals surface area (Å²) < 4.78 is 0. The van der Waals surface area contributed by atoms with Crippen molar-refractivity contribution in [3.8, 4) is 0 Å². The monoisotopic (exact) mass is 333 g/mol. The van der Waals surface area contributed by atoms with Crippen LogP contribution in [0.15, 0.2) is 60.7 Å². The minimum atomic E-state index is -0.421. The van der Waals surface area contributed by atoms with Gasteiger partial charge < -0.3 is 10.5 Å². The van der Waals surface area contributed by atoms with Crippen LogP contribution < -0.4 is 0 Å². The molecule has 0 saturated heterocycles. The van der Waals surface area contributed by atoms with Gasteiger partial charge in [-0.3, -0.25) is 0 Å². The number of rotatable bonds is 3. The third-order valence-electron chi connectivity index (χ3n) is 2.47. The van der Waals surface area contributed by atoms with Gasteiger partial charge in [0.25, 0.3) is 0 Å². The fraction of sp³-hybridized carbons (Fsp3) is 0.312. The van der Waals surface area contributed by atoms with Crippen molar-refractivity contribution in [1.29, 1.82) is 0 Å². The Labute approximate surface area is 142 Å². The molecule has 3 heteroatoms. The molecule has 0 saturated carbocycles. The van der Waals surface area contributed by atoms with Crippen LogP contribution in [0.3, 0.4) is 0 Å². The van der Waals surface area contributed by atoms with Crippen molar-refractivity contribution in [1.82, 2.24) is 0 Å². The van der Waals surface area contributed by atoms with Gasteiger partial charge in [0, 0.05) is 0 Å². The van der Waals surface area contributed by atoms with Crippen molar-refractivity contribution < 1.29 is 37.5 Å². The quantitative estimate of drug-likeness (QED) is 0.743. The van der Waals surface area contributed by atoms with Gasteiger partial charge in [0.15, 0.2) is 0 Å². The predicted octanol–water partition coefficient (Wildman–Crippen LogP) is 4.81. The number of hydrogen-bond donors (Lipinski definition) is 0. The van der Waals surface area contributed by atoms with Gasteiger partial charge in [0.05, 0.1) is 5.91 Å². The zero-order valence-corrected chi connectivity index (χ0v) is 14.6. The van der Waals surface area contributed by atoms with E-state index in [-0.39, 0.29) is 38.6 Å². The molecule has 2 nitrogen and oxygen atoms in total. The Morgan fingerprint density at radius 1 is 0.947 bits per heavy atom. The number of nitrogens with one attached hydrogen (secondary N) is 1. The summed E-state index contributed by atoms with van der Waals surface area (Å²) in [5.41, 5.74) is 6.70. The van der Waals surface area contributed by atoms with E-state index in [1.165, 1.54) is 0 Å². The Kier molecular flexibility index (Phi) is 16.6. The van der Waals surface area contributed by atoms with Gasteiger partial charge in [0.1, 0.15) is 0 Å². The first-order chi connectivity index (χ1) is 8.72. The van der Waals surface area contributed by atoms with Crippen molar-refractivity contribution >= 4 is 5.91 Å². The van der Waals surface area contributed by atoms with Crippen LogP contribution in [0.5, 0.6) is 0 Å². The van der Waals surface area contributed by atoms with Gasteiger partial charge in [-0.1, -0.05) is 13.8 Å². The molecule has 0 aliphatic carbocycles. The maximum atomic E-state index is 10.3. The van der Waals surface area contributed by atoms with E-state index in [0.717, 1.165) is 12.8 Å².